The summed E-state index contributed by atoms with van der Waals surface area (Å²) in [4.78, 5) is 18.7. The van der Waals surface area contributed by atoms with Gasteiger partial charge in [0, 0.05) is 38.3 Å². The quantitative estimate of drug-likeness (QED) is 0.737. The Balaban J connectivity index is 1.52. The van der Waals surface area contributed by atoms with Gasteiger partial charge in [-0.1, -0.05) is 0 Å². The Morgan fingerprint density at radius 3 is 2.88 bits per heavy atom. The molecular weight excluding hydrogens is 310 g/mol. The van der Waals surface area contributed by atoms with E-state index >= 15 is 0 Å². The number of carbonyl (C=O) groups excluding carboxylic acids is 1. The molecule has 1 atom stereocenters. The van der Waals surface area contributed by atoms with Crippen molar-refractivity contribution in [2.45, 2.75) is 25.3 Å². The summed E-state index contributed by atoms with van der Waals surface area (Å²) < 4.78 is 15.8. The zero-order chi connectivity index (χ0) is 16.8. The highest BCUT2D eigenvalue weighted by Gasteiger charge is 2.34. The van der Waals surface area contributed by atoms with Crippen molar-refractivity contribution in [2.24, 2.45) is 5.92 Å². The molecule has 1 saturated heterocycles. The van der Waals surface area contributed by atoms with Crippen molar-refractivity contribution in [3.8, 4) is 5.88 Å². The maximum absolute atomic E-state index is 12.6. The predicted octanol–water partition coefficient (Wildman–Crippen LogP) is 2.14. The molecule has 1 aromatic heterocycles. The number of hydrogen-bond acceptors (Lipinski definition) is 5. The average molecular weight is 335 g/mol. The third-order valence-electron chi connectivity index (χ3n) is 4.25. The third-order valence-corrected chi connectivity index (χ3v) is 4.25. The van der Waals surface area contributed by atoms with Crippen LogP contribution in [0, 0.1) is 5.92 Å². The standard InChI is InChI=1S/C17H25N3O4/c1-22-8-9-24-16-5-2-14(10-18-16)19-17(21)20(15-3-4-15)11-13-6-7-23-12-13/h2,5,10,13,15H,3-4,6-9,11-12H2,1H3,(H,19,21). The van der Waals surface area contributed by atoms with Crippen LogP contribution in [0.5, 0.6) is 5.88 Å². The van der Waals surface area contributed by atoms with Crippen LogP contribution in [-0.2, 0) is 9.47 Å². The van der Waals surface area contributed by atoms with Crippen molar-refractivity contribution in [3.05, 3.63) is 18.3 Å². The van der Waals surface area contributed by atoms with Crippen LogP contribution in [0.1, 0.15) is 19.3 Å². The number of pyridine rings is 1. The Labute approximate surface area is 142 Å². The molecular formula is C17H25N3O4. The molecule has 0 bridgehead atoms. The number of urea groups is 1. The summed E-state index contributed by atoms with van der Waals surface area (Å²) in [6.45, 7) is 3.29. The van der Waals surface area contributed by atoms with Crippen molar-refractivity contribution < 1.29 is 19.0 Å². The number of ether oxygens (including phenoxy) is 3. The van der Waals surface area contributed by atoms with Gasteiger partial charge >= 0.3 is 6.03 Å². The molecule has 3 rings (SSSR count). The molecule has 24 heavy (non-hydrogen) atoms. The number of rotatable bonds is 8. The second-order valence-corrected chi connectivity index (χ2v) is 6.27. The molecule has 1 unspecified atom stereocenters. The first-order valence-electron chi connectivity index (χ1n) is 8.49. The first kappa shape index (κ1) is 17.0. The molecule has 1 aliphatic heterocycles. The van der Waals surface area contributed by atoms with E-state index in [0.717, 1.165) is 39.0 Å². The Morgan fingerprint density at radius 2 is 2.25 bits per heavy atom. The van der Waals surface area contributed by atoms with Gasteiger partial charge < -0.3 is 24.4 Å². The van der Waals surface area contributed by atoms with Gasteiger partial charge in [-0.3, -0.25) is 0 Å². The molecule has 2 aliphatic rings. The largest absolute Gasteiger partial charge is 0.475 e. The minimum atomic E-state index is -0.0562. The second-order valence-electron chi connectivity index (χ2n) is 6.27. The van der Waals surface area contributed by atoms with E-state index in [0.29, 0.717) is 36.7 Å². The first-order valence-corrected chi connectivity index (χ1v) is 8.49. The van der Waals surface area contributed by atoms with Crippen molar-refractivity contribution >= 4 is 11.7 Å². The lowest BCUT2D eigenvalue weighted by atomic mass is 10.1. The summed E-state index contributed by atoms with van der Waals surface area (Å²) in [5.74, 6) is 0.971. The lowest BCUT2D eigenvalue weighted by Gasteiger charge is -2.25. The minimum Gasteiger partial charge on any atom is -0.475 e. The number of nitrogens with zero attached hydrogens (tertiary/aromatic N) is 2. The Kier molecular flexibility index (Phi) is 5.87. The summed E-state index contributed by atoms with van der Waals surface area (Å²) >= 11 is 0. The van der Waals surface area contributed by atoms with E-state index in [1.54, 1.807) is 25.4 Å². The monoisotopic (exact) mass is 335 g/mol. The van der Waals surface area contributed by atoms with Crippen LogP contribution in [0.3, 0.4) is 0 Å². The van der Waals surface area contributed by atoms with Gasteiger partial charge in [-0.25, -0.2) is 9.78 Å². The summed E-state index contributed by atoms with van der Waals surface area (Å²) in [6, 6.07) is 3.86. The van der Waals surface area contributed by atoms with Crippen LogP contribution in [0.25, 0.3) is 0 Å². The molecule has 0 aromatic carbocycles. The second kappa shape index (κ2) is 8.30. The SMILES string of the molecule is COCCOc1ccc(NC(=O)N(CC2CCOC2)C2CC2)cn1. The lowest BCUT2D eigenvalue weighted by Crippen LogP contribution is -2.40. The molecule has 7 heteroatoms. The number of aromatic nitrogens is 1. The third kappa shape index (κ3) is 4.82. The fraction of sp³-hybridized carbons (Fsp3) is 0.647. The highest BCUT2D eigenvalue weighted by molar-refractivity contribution is 5.89. The molecule has 2 heterocycles. The van der Waals surface area contributed by atoms with Crippen LogP contribution >= 0.6 is 0 Å². The van der Waals surface area contributed by atoms with Crippen LogP contribution < -0.4 is 10.1 Å². The smallest absolute Gasteiger partial charge is 0.322 e. The zero-order valence-corrected chi connectivity index (χ0v) is 14.1. The van der Waals surface area contributed by atoms with E-state index in [9.17, 15) is 4.79 Å². The van der Waals surface area contributed by atoms with Gasteiger partial charge in [0.15, 0.2) is 0 Å². The summed E-state index contributed by atoms with van der Waals surface area (Å²) in [6.07, 6.45) is 4.83. The van der Waals surface area contributed by atoms with E-state index in [1.165, 1.54) is 0 Å². The number of anilines is 1. The van der Waals surface area contributed by atoms with Crippen molar-refractivity contribution in [1.29, 1.82) is 0 Å². The summed E-state index contributed by atoms with van der Waals surface area (Å²) in [5.41, 5.74) is 0.674. The summed E-state index contributed by atoms with van der Waals surface area (Å²) in [5, 5.41) is 2.94. The fourth-order valence-corrected chi connectivity index (χ4v) is 2.75. The number of carbonyl (C=O) groups is 1. The maximum Gasteiger partial charge on any atom is 0.322 e. The van der Waals surface area contributed by atoms with Gasteiger partial charge in [-0.05, 0) is 25.3 Å². The highest BCUT2D eigenvalue weighted by Crippen LogP contribution is 2.29. The molecule has 2 fully saturated rings. The van der Waals surface area contributed by atoms with Crippen molar-refractivity contribution in [2.75, 3.05) is 45.4 Å². The van der Waals surface area contributed by atoms with Gasteiger partial charge in [0.05, 0.1) is 25.1 Å². The van der Waals surface area contributed by atoms with Crippen molar-refractivity contribution in [3.63, 3.8) is 0 Å². The van der Waals surface area contributed by atoms with E-state index in [2.05, 4.69) is 10.3 Å². The first-order chi connectivity index (χ1) is 11.8. The van der Waals surface area contributed by atoms with E-state index in [-0.39, 0.29) is 6.03 Å². The molecule has 0 radical (unpaired) electrons. The van der Waals surface area contributed by atoms with Gasteiger partial charge in [0.2, 0.25) is 5.88 Å². The van der Waals surface area contributed by atoms with Gasteiger partial charge in [-0.15, -0.1) is 0 Å². The molecule has 1 aromatic rings. The number of methoxy groups -OCH3 is 1. The molecule has 132 valence electrons. The number of amides is 2. The normalized spacial score (nSPS) is 20.0. The Bertz CT molecular complexity index is 527. The predicted molar refractivity (Wildman–Crippen MR) is 89.3 cm³/mol. The van der Waals surface area contributed by atoms with E-state index in [4.69, 9.17) is 14.2 Å². The minimum absolute atomic E-state index is 0.0562. The van der Waals surface area contributed by atoms with Crippen LogP contribution in [0.15, 0.2) is 18.3 Å². The molecule has 0 spiro atoms. The van der Waals surface area contributed by atoms with E-state index < -0.39 is 0 Å². The number of nitrogens with one attached hydrogen (secondary N) is 1. The van der Waals surface area contributed by atoms with Crippen LogP contribution in [0.2, 0.25) is 0 Å². The van der Waals surface area contributed by atoms with Gasteiger partial charge in [0.1, 0.15) is 6.61 Å². The van der Waals surface area contributed by atoms with Crippen LogP contribution in [-0.4, -0.2) is 62.0 Å². The Morgan fingerprint density at radius 1 is 1.38 bits per heavy atom. The maximum atomic E-state index is 12.6. The molecule has 1 aliphatic carbocycles. The summed E-state index contributed by atoms with van der Waals surface area (Å²) in [7, 11) is 1.62. The van der Waals surface area contributed by atoms with E-state index in [1.807, 2.05) is 4.90 Å². The molecule has 1 N–H and O–H groups in total. The Hall–Kier alpha value is -1.86. The fourth-order valence-electron chi connectivity index (χ4n) is 2.75. The average Bonchev–Trinajstić information content (AvgIpc) is 3.30. The lowest BCUT2D eigenvalue weighted by molar-refractivity contribution is 0.144. The van der Waals surface area contributed by atoms with Crippen molar-refractivity contribution in [1.82, 2.24) is 9.88 Å². The zero-order valence-electron chi connectivity index (χ0n) is 14.1. The topological polar surface area (TPSA) is 72.9 Å². The van der Waals surface area contributed by atoms with Gasteiger partial charge in [-0.2, -0.15) is 0 Å². The molecule has 7 nitrogen and oxygen atoms in total. The highest BCUT2D eigenvalue weighted by atomic mass is 16.5. The van der Waals surface area contributed by atoms with Crippen LogP contribution in [0.4, 0.5) is 10.5 Å². The van der Waals surface area contributed by atoms with Gasteiger partial charge in [0.25, 0.3) is 0 Å². The molecule has 2 amide bonds. The number of hydrogen-bond donors (Lipinski definition) is 1. The molecule has 1 saturated carbocycles.